The summed E-state index contributed by atoms with van der Waals surface area (Å²) in [6.45, 7) is 5.16. The first-order valence-corrected chi connectivity index (χ1v) is 7.79. The third-order valence-corrected chi connectivity index (χ3v) is 4.89. The van der Waals surface area contributed by atoms with Crippen molar-refractivity contribution in [2.24, 2.45) is 5.92 Å². The van der Waals surface area contributed by atoms with Gasteiger partial charge in [0.2, 0.25) is 0 Å². The Kier molecular flexibility index (Phi) is 3.87. The van der Waals surface area contributed by atoms with Gasteiger partial charge in [-0.2, -0.15) is 0 Å². The summed E-state index contributed by atoms with van der Waals surface area (Å²) in [4.78, 5) is 0. The molecule has 3 unspecified atom stereocenters. The van der Waals surface area contributed by atoms with Crippen molar-refractivity contribution in [3.05, 3.63) is 0 Å². The van der Waals surface area contributed by atoms with Gasteiger partial charge in [-0.05, 0) is 31.6 Å². The van der Waals surface area contributed by atoms with Crippen LogP contribution in [-0.2, 0) is 14.2 Å². The van der Waals surface area contributed by atoms with Gasteiger partial charge in [0.1, 0.15) is 0 Å². The molecule has 3 heterocycles. The molecule has 110 valence electrons. The standard InChI is InChI=1S/C15H26O4/c1-3-12-11(16)6-7-15(18-12)9-10(2)14-13(19-15)5-4-8-17-14/h10-14,16H,3-9H2,1-2H3/t10?,11?,12-,13?,14-,15+/m0/s1. The molecule has 19 heavy (non-hydrogen) atoms. The van der Waals surface area contributed by atoms with Gasteiger partial charge in [-0.25, -0.2) is 0 Å². The predicted octanol–water partition coefficient (Wildman–Crippen LogP) is 2.24. The summed E-state index contributed by atoms with van der Waals surface area (Å²) in [7, 11) is 0. The Morgan fingerprint density at radius 3 is 2.89 bits per heavy atom. The number of ether oxygens (including phenoxy) is 3. The molecule has 0 radical (unpaired) electrons. The first kappa shape index (κ1) is 13.8. The van der Waals surface area contributed by atoms with Gasteiger partial charge in [-0.1, -0.05) is 13.8 Å². The minimum Gasteiger partial charge on any atom is -0.390 e. The Hall–Kier alpha value is -0.160. The summed E-state index contributed by atoms with van der Waals surface area (Å²) in [5.74, 6) is -0.00641. The summed E-state index contributed by atoms with van der Waals surface area (Å²) in [6, 6.07) is 0. The van der Waals surface area contributed by atoms with E-state index in [1.165, 1.54) is 0 Å². The summed E-state index contributed by atoms with van der Waals surface area (Å²) >= 11 is 0. The van der Waals surface area contributed by atoms with Crippen molar-refractivity contribution >= 4 is 0 Å². The summed E-state index contributed by atoms with van der Waals surface area (Å²) < 4.78 is 18.4. The Balaban J connectivity index is 1.74. The van der Waals surface area contributed by atoms with Crippen molar-refractivity contribution in [1.82, 2.24) is 0 Å². The Bertz CT molecular complexity index is 321. The summed E-state index contributed by atoms with van der Waals surface area (Å²) in [5, 5.41) is 9.98. The minimum absolute atomic E-state index is 0.0815. The van der Waals surface area contributed by atoms with Crippen molar-refractivity contribution < 1.29 is 19.3 Å². The largest absolute Gasteiger partial charge is 0.390 e. The molecule has 3 aliphatic heterocycles. The molecule has 4 heteroatoms. The molecule has 0 aliphatic carbocycles. The molecule has 1 N–H and O–H groups in total. The fourth-order valence-electron chi connectivity index (χ4n) is 3.92. The molecule has 3 rings (SSSR count). The van der Waals surface area contributed by atoms with Gasteiger partial charge in [-0.3, -0.25) is 0 Å². The van der Waals surface area contributed by atoms with Crippen LogP contribution in [0.4, 0.5) is 0 Å². The van der Waals surface area contributed by atoms with Crippen LogP contribution >= 0.6 is 0 Å². The maximum Gasteiger partial charge on any atom is 0.169 e. The number of hydrogen-bond acceptors (Lipinski definition) is 4. The maximum atomic E-state index is 9.98. The highest BCUT2D eigenvalue weighted by Gasteiger charge is 2.51. The van der Waals surface area contributed by atoms with E-state index in [4.69, 9.17) is 14.2 Å². The van der Waals surface area contributed by atoms with Gasteiger partial charge in [0.05, 0.1) is 24.4 Å². The van der Waals surface area contributed by atoms with Crippen LogP contribution in [0.1, 0.15) is 52.4 Å². The molecule has 0 aromatic heterocycles. The van der Waals surface area contributed by atoms with E-state index < -0.39 is 5.79 Å². The molecule has 3 fully saturated rings. The zero-order chi connectivity index (χ0) is 13.5. The fraction of sp³-hybridized carbons (Fsp3) is 1.00. The second-order valence-electron chi connectivity index (χ2n) is 6.40. The third kappa shape index (κ3) is 2.56. The van der Waals surface area contributed by atoms with E-state index in [1.54, 1.807) is 0 Å². The summed E-state index contributed by atoms with van der Waals surface area (Å²) in [5.41, 5.74) is 0. The minimum atomic E-state index is -0.471. The van der Waals surface area contributed by atoms with Crippen LogP contribution in [0, 0.1) is 5.92 Å². The van der Waals surface area contributed by atoms with Gasteiger partial charge < -0.3 is 19.3 Å². The first-order chi connectivity index (χ1) is 9.13. The van der Waals surface area contributed by atoms with Crippen LogP contribution in [0.5, 0.6) is 0 Å². The van der Waals surface area contributed by atoms with Crippen LogP contribution in [0.15, 0.2) is 0 Å². The highest BCUT2D eigenvalue weighted by molar-refractivity contribution is 4.94. The van der Waals surface area contributed by atoms with Gasteiger partial charge in [0.15, 0.2) is 5.79 Å². The highest BCUT2D eigenvalue weighted by atomic mass is 16.7. The zero-order valence-electron chi connectivity index (χ0n) is 12.0. The van der Waals surface area contributed by atoms with E-state index >= 15 is 0 Å². The smallest absolute Gasteiger partial charge is 0.169 e. The Labute approximate surface area is 115 Å². The predicted molar refractivity (Wildman–Crippen MR) is 70.8 cm³/mol. The van der Waals surface area contributed by atoms with Crippen LogP contribution in [0.25, 0.3) is 0 Å². The lowest BCUT2D eigenvalue weighted by Gasteiger charge is -2.52. The lowest BCUT2D eigenvalue weighted by atomic mass is 9.82. The van der Waals surface area contributed by atoms with E-state index in [-0.39, 0.29) is 24.4 Å². The molecule has 0 saturated carbocycles. The summed E-state index contributed by atoms with van der Waals surface area (Å²) in [6.07, 6.45) is 5.44. The topological polar surface area (TPSA) is 47.9 Å². The molecule has 3 aliphatic rings. The van der Waals surface area contributed by atoms with E-state index in [1.807, 2.05) is 0 Å². The van der Waals surface area contributed by atoms with E-state index in [9.17, 15) is 5.11 Å². The molecular weight excluding hydrogens is 244 g/mol. The van der Waals surface area contributed by atoms with Gasteiger partial charge in [0, 0.05) is 19.4 Å². The average Bonchev–Trinajstić information content (AvgIpc) is 2.42. The van der Waals surface area contributed by atoms with Crippen molar-refractivity contribution in [2.75, 3.05) is 6.61 Å². The van der Waals surface area contributed by atoms with Gasteiger partial charge in [0.25, 0.3) is 0 Å². The number of aliphatic hydroxyl groups excluding tert-OH is 1. The van der Waals surface area contributed by atoms with Crippen LogP contribution in [0.3, 0.4) is 0 Å². The van der Waals surface area contributed by atoms with E-state index in [0.717, 1.165) is 45.1 Å². The molecule has 0 amide bonds. The lowest BCUT2D eigenvalue weighted by molar-refractivity contribution is -0.359. The van der Waals surface area contributed by atoms with Crippen molar-refractivity contribution in [3.8, 4) is 0 Å². The van der Waals surface area contributed by atoms with E-state index in [2.05, 4.69) is 13.8 Å². The zero-order valence-corrected chi connectivity index (χ0v) is 12.0. The van der Waals surface area contributed by atoms with Crippen LogP contribution < -0.4 is 0 Å². The monoisotopic (exact) mass is 270 g/mol. The first-order valence-electron chi connectivity index (χ1n) is 7.79. The number of hydrogen-bond donors (Lipinski definition) is 1. The number of rotatable bonds is 1. The van der Waals surface area contributed by atoms with Crippen molar-refractivity contribution in [1.29, 1.82) is 0 Å². The Morgan fingerprint density at radius 1 is 1.26 bits per heavy atom. The van der Waals surface area contributed by atoms with Gasteiger partial charge in [-0.15, -0.1) is 0 Å². The average molecular weight is 270 g/mol. The molecule has 6 atom stereocenters. The van der Waals surface area contributed by atoms with Crippen molar-refractivity contribution in [3.63, 3.8) is 0 Å². The van der Waals surface area contributed by atoms with E-state index in [0.29, 0.717) is 5.92 Å². The van der Waals surface area contributed by atoms with Crippen LogP contribution in [-0.4, -0.2) is 41.9 Å². The Morgan fingerprint density at radius 2 is 2.11 bits per heavy atom. The second-order valence-corrected chi connectivity index (χ2v) is 6.40. The molecule has 3 saturated heterocycles. The molecule has 1 spiro atoms. The molecule has 0 bridgehead atoms. The molecule has 0 aromatic carbocycles. The van der Waals surface area contributed by atoms with Crippen molar-refractivity contribution in [2.45, 2.75) is 82.6 Å². The number of fused-ring (bicyclic) bond motifs is 1. The fourth-order valence-corrected chi connectivity index (χ4v) is 3.92. The second kappa shape index (κ2) is 5.32. The molecule has 4 nitrogen and oxygen atoms in total. The SMILES string of the molecule is CC[C@@H]1O[C@@]2(CCC1O)CC(C)[C@@H]1OCCCC1O2. The van der Waals surface area contributed by atoms with Gasteiger partial charge >= 0.3 is 0 Å². The van der Waals surface area contributed by atoms with Crippen LogP contribution in [0.2, 0.25) is 0 Å². The quantitative estimate of drug-likeness (QED) is 0.794. The molecule has 0 aromatic rings. The normalized spacial score (nSPS) is 51.0. The highest BCUT2D eigenvalue weighted by Crippen LogP contribution is 2.44. The third-order valence-electron chi connectivity index (χ3n) is 4.89. The number of aliphatic hydroxyl groups is 1. The maximum absolute atomic E-state index is 9.98. The lowest BCUT2D eigenvalue weighted by Crippen LogP contribution is -2.59. The molecular formula is C15H26O4.